The number of alkyl halides is 3. The van der Waals surface area contributed by atoms with Gasteiger partial charge in [0, 0.05) is 42.8 Å². The molecule has 0 aromatic heterocycles. The van der Waals surface area contributed by atoms with Crippen molar-refractivity contribution in [1.82, 2.24) is 4.67 Å². The molecule has 12 heteroatoms. The van der Waals surface area contributed by atoms with E-state index in [1.165, 1.54) is 30.3 Å². The molecule has 2 heterocycles. The second kappa shape index (κ2) is 11.0. The molecule has 224 valence electrons. The summed E-state index contributed by atoms with van der Waals surface area (Å²) in [6, 6.07) is 13.4. The Bertz CT molecular complexity index is 1540. The van der Waals surface area contributed by atoms with Crippen molar-refractivity contribution in [1.29, 1.82) is 0 Å². The number of amides is 1. The number of nitrogens with one attached hydrogen (secondary N) is 2. The Balaban J connectivity index is 1.71. The lowest BCUT2D eigenvalue weighted by molar-refractivity contribution is -0.136. The third-order valence-electron chi connectivity index (χ3n) is 8.38. The van der Waals surface area contributed by atoms with E-state index >= 15 is 4.57 Å². The Morgan fingerprint density at radius 2 is 1.67 bits per heavy atom. The summed E-state index contributed by atoms with van der Waals surface area (Å²) in [5, 5.41) is 5.82. The third kappa shape index (κ3) is 5.41. The monoisotopic (exact) mass is 604 g/mol. The van der Waals surface area contributed by atoms with Gasteiger partial charge in [0.15, 0.2) is 0 Å². The second-order valence-electron chi connectivity index (χ2n) is 11.2. The SMILES string of the molecule is C[C@@H]1N(C)c2cc(NC(=O)c3ccc(F)cc3)c([P@@](=O)(Nc3ccccc3C(F)(F)F)N3CCOCC3)cc2C1(C)C. The summed E-state index contributed by atoms with van der Waals surface area (Å²) in [6.45, 7) is 7.01. The molecule has 3 aromatic carbocycles. The van der Waals surface area contributed by atoms with Crippen LogP contribution in [0.25, 0.3) is 0 Å². The van der Waals surface area contributed by atoms with E-state index < -0.39 is 36.3 Å². The van der Waals surface area contributed by atoms with E-state index in [-0.39, 0.29) is 54.6 Å². The maximum Gasteiger partial charge on any atom is 0.418 e. The Morgan fingerprint density at radius 1 is 1.02 bits per heavy atom. The molecule has 42 heavy (non-hydrogen) atoms. The van der Waals surface area contributed by atoms with E-state index in [9.17, 15) is 22.4 Å². The van der Waals surface area contributed by atoms with Crippen LogP contribution < -0.4 is 20.6 Å². The molecule has 1 fully saturated rings. The Morgan fingerprint density at radius 3 is 2.31 bits per heavy atom. The zero-order chi connectivity index (χ0) is 30.4. The Labute approximate surface area is 242 Å². The van der Waals surface area contributed by atoms with Crippen molar-refractivity contribution >= 4 is 35.7 Å². The lowest BCUT2D eigenvalue weighted by Gasteiger charge is -2.37. The highest BCUT2D eigenvalue weighted by Crippen LogP contribution is 2.55. The van der Waals surface area contributed by atoms with E-state index in [2.05, 4.69) is 22.2 Å². The first-order valence-electron chi connectivity index (χ1n) is 13.6. The third-order valence-corrected chi connectivity index (χ3v) is 11.1. The van der Waals surface area contributed by atoms with Crippen LogP contribution >= 0.6 is 7.44 Å². The van der Waals surface area contributed by atoms with Crippen molar-refractivity contribution in [2.75, 3.05) is 48.7 Å². The summed E-state index contributed by atoms with van der Waals surface area (Å²) in [5.74, 6) is -1.08. The minimum atomic E-state index is -4.70. The van der Waals surface area contributed by atoms with Crippen LogP contribution in [0.15, 0.2) is 60.7 Å². The molecule has 7 nitrogen and oxygen atoms in total. The summed E-state index contributed by atoms with van der Waals surface area (Å²) >= 11 is 0. The largest absolute Gasteiger partial charge is 0.418 e. The smallest absolute Gasteiger partial charge is 0.379 e. The van der Waals surface area contributed by atoms with E-state index in [0.29, 0.717) is 0 Å². The van der Waals surface area contributed by atoms with Gasteiger partial charge in [-0.05, 0) is 61.0 Å². The van der Waals surface area contributed by atoms with Crippen LogP contribution in [0.5, 0.6) is 0 Å². The first kappa shape index (κ1) is 30.1. The van der Waals surface area contributed by atoms with Crippen LogP contribution in [-0.4, -0.2) is 50.0 Å². The number of hydrogen-bond acceptors (Lipinski definition) is 4. The van der Waals surface area contributed by atoms with Gasteiger partial charge in [0.1, 0.15) is 5.82 Å². The van der Waals surface area contributed by atoms with Gasteiger partial charge in [-0.15, -0.1) is 0 Å². The average Bonchev–Trinajstić information content (AvgIpc) is 3.12. The quantitative estimate of drug-likeness (QED) is 0.248. The molecule has 0 spiro atoms. The normalized spacial score (nSPS) is 20.1. The van der Waals surface area contributed by atoms with Crippen LogP contribution in [0.1, 0.15) is 42.3 Å². The molecule has 2 aliphatic rings. The predicted molar refractivity (Wildman–Crippen MR) is 156 cm³/mol. The number of fused-ring (bicyclic) bond motifs is 1. The van der Waals surface area contributed by atoms with Gasteiger partial charge < -0.3 is 20.0 Å². The lowest BCUT2D eigenvalue weighted by Crippen LogP contribution is -2.40. The molecule has 0 bridgehead atoms. The number of carbonyl (C=O) groups excluding carboxylic acids is 1. The van der Waals surface area contributed by atoms with Crippen LogP contribution in [0.3, 0.4) is 0 Å². The van der Waals surface area contributed by atoms with E-state index in [1.807, 2.05) is 20.9 Å². The fourth-order valence-electron chi connectivity index (χ4n) is 5.56. The first-order chi connectivity index (χ1) is 19.7. The van der Waals surface area contributed by atoms with Crippen molar-refractivity contribution in [2.45, 2.75) is 38.4 Å². The summed E-state index contributed by atoms with van der Waals surface area (Å²) < 4.78 is 78.1. The van der Waals surface area contributed by atoms with Crippen LogP contribution in [0.2, 0.25) is 0 Å². The van der Waals surface area contributed by atoms with E-state index in [0.717, 1.165) is 29.4 Å². The standard InChI is InChI=1S/C30H33F4N4O3P/c1-19-29(2,3)23-17-27(25(18-26(23)37(19)4)35-28(39)20-9-11-21(31)12-10-20)42(40,38-13-15-41-16-14-38)36-24-8-6-5-7-22(24)30(32,33)34/h5-12,17-19H,13-16H2,1-4H3,(H,35,39)(H,36,40)/t19-,42+/m0/s1. The molecule has 2 aliphatic heterocycles. The fraction of sp³-hybridized carbons (Fsp3) is 0.367. The van der Waals surface area contributed by atoms with Crippen LogP contribution in [0, 0.1) is 5.82 Å². The van der Waals surface area contributed by atoms with Gasteiger partial charge in [-0.1, -0.05) is 26.0 Å². The summed E-state index contributed by atoms with van der Waals surface area (Å²) in [5.41, 5.74) is 0.318. The van der Waals surface area contributed by atoms with Gasteiger partial charge >= 0.3 is 6.18 Å². The van der Waals surface area contributed by atoms with E-state index in [4.69, 9.17) is 4.74 Å². The number of carbonyl (C=O) groups is 1. The number of ether oxygens (including phenoxy) is 1. The molecule has 0 aliphatic carbocycles. The molecule has 1 amide bonds. The fourth-order valence-corrected chi connectivity index (χ4v) is 8.12. The number of halogens is 4. The number of morpholine rings is 1. The highest BCUT2D eigenvalue weighted by Gasteiger charge is 2.45. The highest BCUT2D eigenvalue weighted by atomic mass is 31.2. The minimum absolute atomic E-state index is 0.0325. The molecule has 0 unspecified atom stereocenters. The number of hydrogen-bond donors (Lipinski definition) is 2. The molecule has 0 radical (unpaired) electrons. The summed E-state index contributed by atoms with van der Waals surface area (Å²) in [6.07, 6.45) is -4.70. The van der Waals surface area contributed by atoms with Crippen molar-refractivity contribution in [3.63, 3.8) is 0 Å². The van der Waals surface area contributed by atoms with Gasteiger partial charge in [-0.2, -0.15) is 13.2 Å². The molecule has 3 aromatic rings. The van der Waals surface area contributed by atoms with Crippen molar-refractivity contribution < 1.29 is 31.7 Å². The number of benzene rings is 3. The number of likely N-dealkylation sites (N-methyl/N-ethyl adjacent to an activating group) is 1. The lowest BCUT2D eigenvalue weighted by atomic mass is 9.81. The molecular weight excluding hydrogens is 571 g/mol. The maximum absolute atomic E-state index is 15.4. The van der Waals surface area contributed by atoms with Crippen LogP contribution in [-0.2, 0) is 20.9 Å². The average molecular weight is 605 g/mol. The Kier molecular flexibility index (Phi) is 7.89. The van der Waals surface area contributed by atoms with E-state index in [1.54, 1.807) is 16.8 Å². The van der Waals surface area contributed by atoms with Gasteiger partial charge in [-0.3, -0.25) is 9.36 Å². The Hall–Kier alpha value is -3.40. The highest BCUT2D eigenvalue weighted by molar-refractivity contribution is 7.71. The molecule has 0 saturated carbocycles. The number of nitrogens with zero attached hydrogens (tertiary/aromatic N) is 2. The van der Waals surface area contributed by atoms with Gasteiger partial charge in [0.2, 0.25) is 0 Å². The number of anilines is 3. The molecule has 1 saturated heterocycles. The predicted octanol–water partition coefficient (Wildman–Crippen LogP) is 6.48. The number of para-hydroxylation sites is 1. The molecule has 5 rings (SSSR count). The van der Waals surface area contributed by atoms with Crippen LogP contribution in [0.4, 0.5) is 34.6 Å². The summed E-state index contributed by atoms with van der Waals surface area (Å²) in [4.78, 5) is 15.4. The summed E-state index contributed by atoms with van der Waals surface area (Å²) in [7, 11) is -2.16. The maximum atomic E-state index is 15.4. The van der Waals surface area contributed by atoms with Gasteiger partial charge in [0.25, 0.3) is 13.4 Å². The second-order valence-corrected chi connectivity index (χ2v) is 13.6. The van der Waals surface area contributed by atoms with Crippen molar-refractivity contribution in [3.8, 4) is 0 Å². The van der Waals surface area contributed by atoms with Crippen molar-refractivity contribution in [3.05, 3.63) is 83.2 Å². The van der Waals surface area contributed by atoms with Crippen molar-refractivity contribution in [2.24, 2.45) is 0 Å². The minimum Gasteiger partial charge on any atom is -0.379 e. The van der Waals surface area contributed by atoms with Gasteiger partial charge in [-0.25, -0.2) is 9.06 Å². The molecular formula is C30H33F4N4O3P. The molecule has 2 N–H and O–H groups in total. The topological polar surface area (TPSA) is 73.9 Å². The number of rotatable bonds is 6. The molecule has 2 atom stereocenters. The zero-order valence-corrected chi connectivity index (χ0v) is 24.7. The van der Waals surface area contributed by atoms with Gasteiger partial charge in [0.05, 0.1) is 35.5 Å². The zero-order valence-electron chi connectivity index (χ0n) is 23.8. The first-order valence-corrected chi connectivity index (χ1v) is 15.3.